The number of carbonyl (C=O) groups excluding carboxylic acids is 2. The van der Waals surface area contributed by atoms with Crippen LogP contribution in [0.4, 0.5) is 0 Å². The number of ether oxygens (including phenoxy) is 1. The predicted molar refractivity (Wildman–Crippen MR) is 90.8 cm³/mol. The minimum absolute atomic E-state index is 0.0825. The fourth-order valence-corrected chi connectivity index (χ4v) is 2.89. The van der Waals surface area contributed by atoms with Crippen molar-refractivity contribution in [1.29, 1.82) is 0 Å². The van der Waals surface area contributed by atoms with Gasteiger partial charge in [0.1, 0.15) is 6.54 Å². The lowest BCUT2D eigenvalue weighted by molar-refractivity contribution is -0.146. The number of aryl methyl sites for hydroxylation is 1. The topological polar surface area (TPSA) is 87.1 Å². The Labute approximate surface area is 147 Å². The van der Waals surface area contributed by atoms with Crippen molar-refractivity contribution < 1.29 is 24.2 Å². The van der Waals surface area contributed by atoms with E-state index in [2.05, 4.69) is 0 Å². The number of hydrogen-bond donors (Lipinski definition) is 1. The summed E-state index contributed by atoms with van der Waals surface area (Å²) in [6, 6.07) is 7.90. The van der Waals surface area contributed by atoms with Gasteiger partial charge in [-0.15, -0.1) is 0 Å². The number of carboxylic acids is 1. The second-order valence-electron chi connectivity index (χ2n) is 6.31. The van der Waals surface area contributed by atoms with Crippen LogP contribution >= 0.6 is 0 Å². The summed E-state index contributed by atoms with van der Waals surface area (Å²) in [5.41, 5.74) is 2.15. The maximum absolute atomic E-state index is 12.6. The summed E-state index contributed by atoms with van der Waals surface area (Å²) in [6.45, 7) is 2.84. The van der Waals surface area contributed by atoms with Gasteiger partial charge in [0, 0.05) is 33.2 Å². The van der Waals surface area contributed by atoms with Gasteiger partial charge in [0.05, 0.1) is 12.5 Å². The first-order valence-corrected chi connectivity index (χ1v) is 8.23. The van der Waals surface area contributed by atoms with Crippen molar-refractivity contribution in [1.82, 2.24) is 9.80 Å². The molecule has 1 fully saturated rings. The summed E-state index contributed by atoms with van der Waals surface area (Å²) in [6.07, 6.45) is 0.119. The number of nitrogens with zero attached hydrogens (tertiary/aromatic N) is 2. The molecule has 2 amide bonds. The Balaban J connectivity index is 2.00. The maximum Gasteiger partial charge on any atom is 0.323 e. The second-order valence-corrected chi connectivity index (χ2v) is 6.31. The fraction of sp³-hybridized carbons (Fsp3) is 0.500. The van der Waals surface area contributed by atoms with E-state index in [1.54, 1.807) is 4.90 Å². The van der Waals surface area contributed by atoms with Crippen LogP contribution in [-0.4, -0.2) is 66.0 Å². The van der Waals surface area contributed by atoms with Crippen LogP contribution in [0.1, 0.15) is 17.5 Å². The molecule has 136 valence electrons. The molecule has 7 nitrogen and oxygen atoms in total. The van der Waals surface area contributed by atoms with Crippen LogP contribution < -0.4 is 0 Å². The quantitative estimate of drug-likeness (QED) is 0.754. The van der Waals surface area contributed by atoms with E-state index in [1.807, 2.05) is 31.2 Å². The number of methoxy groups -OCH3 is 1. The summed E-state index contributed by atoms with van der Waals surface area (Å²) in [4.78, 5) is 38.7. The van der Waals surface area contributed by atoms with Crippen LogP contribution in [0.5, 0.6) is 0 Å². The molecule has 0 aliphatic carbocycles. The lowest BCUT2D eigenvalue weighted by Crippen LogP contribution is -2.42. The van der Waals surface area contributed by atoms with E-state index in [9.17, 15) is 14.4 Å². The Morgan fingerprint density at radius 2 is 2.00 bits per heavy atom. The van der Waals surface area contributed by atoms with Crippen LogP contribution in [0.2, 0.25) is 0 Å². The second kappa shape index (κ2) is 8.62. The highest BCUT2D eigenvalue weighted by molar-refractivity contribution is 5.90. The first-order chi connectivity index (χ1) is 11.9. The highest BCUT2D eigenvalue weighted by atomic mass is 16.5. The Kier molecular flexibility index (Phi) is 6.52. The van der Waals surface area contributed by atoms with Gasteiger partial charge in [-0.05, 0) is 12.5 Å². The van der Waals surface area contributed by atoms with E-state index in [-0.39, 0.29) is 37.9 Å². The van der Waals surface area contributed by atoms with Crippen LogP contribution in [-0.2, 0) is 25.7 Å². The van der Waals surface area contributed by atoms with Crippen LogP contribution in [0, 0.1) is 12.8 Å². The van der Waals surface area contributed by atoms with Crippen LogP contribution in [0.15, 0.2) is 24.3 Å². The molecule has 0 saturated carbocycles. The Morgan fingerprint density at radius 3 is 2.60 bits per heavy atom. The molecule has 7 heteroatoms. The van der Waals surface area contributed by atoms with E-state index in [1.165, 1.54) is 12.0 Å². The Morgan fingerprint density at radius 1 is 1.32 bits per heavy atom. The van der Waals surface area contributed by atoms with E-state index >= 15 is 0 Å². The minimum Gasteiger partial charge on any atom is -0.480 e. The summed E-state index contributed by atoms with van der Waals surface area (Å²) < 4.78 is 4.93. The van der Waals surface area contributed by atoms with E-state index in [0.29, 0.717) is 13.1 Å². The summed E-state index contributed by atoms with van der Waals surface area (Å²) >= 11 is 0. The first-order valence-electron chi connectivity index (χ1n) is 8.23. The molecule has 1 aliphatic heterocycles. The summed E-state index contributed by atoms with van der Waals surface area (Å²) in [5, 5.41) is 8.98. The van der Waals surface area contributed by atoms with Gasteiger partial charge in [0.15, 0.2) is 0 Å². The van der Waals surface area contributed by atoms with Gasteiger partial charge in [-0.3, -0.25) is 14.4 Å². The van der Waals surface area contributed by atoms with Gasteiger partial charge >= 0.3 is 5.97 Å². The van der Waals surface area contributed by atoms with Crippen molar-refractivity contribution in [3.8, 4) is 0 Å². The van der Waals surface area contributed by atoms with Crippen molar-refractivity contribution in [2.75, 3.05) is 33.4 Å². The molecule has 1 saturated heterocycles. The molecule has 0 spiro atoms. The maximum atomic E-state index is 12.6. The van der Waals surface area contributed by atoms with Crippen molar-refractivity contribution in [3.63, 3.8) is 0 Å². The zero-order valence-electron chi connectivity index (χ0n) is 14.6. The lowest BCUT2D eigenvalue weighted by atomic mass is 10.1. The number of benzene rings is 1. The number of aliphatic carboxylic acids is 1. The normalized spacial score (nSPS) is 17.0. The average Bonchev–Trinajstić information content (AvgIpc) is 2.93. The van der Waals surface area contributed by atoms with Crippen molar-refractivity contribution in [3.05, 3.63) is 35.4 Å². The van der Waals surface area contributed by atoms with Crippen LogP contribution in [0.3, 0.4) is 0 Å². The average molecular weight is 348 g/mol. The third kappa shape index (κ3) is 5.29. The smallest absolute Gasteiger partial charge is 0.323 e. The molecular formula is C18H24N2O5. The number of likely N-dealkylation sites (tertiary alicyclic amines) is 1. The molecule has 1 unspecified atom stereocenters. The van der Waals surface area contributed by atoms with Crippen molar-refractivity contribution in [2.45, 2.75) is 19.9 Å². The number of rotatable bonds is 8. The standard InChI is InChI=1S/C18H24N2O5/c1-13-3-5-14(6-4-13)10-20-11-15(9-16(20)21)18(24)19(7-8-25-2)12-17(22)23/h3-6,15H,7-12H2,1-2H3,(H,22,23). The zero-order chi connectivity index (χ0) is 18.4. The van der Waals surface area contributed by atoms with Crippen molar-refractivity contribution in [2.24, 2.45) is 5.92 Å². The number of carbonyl (C=O) groups is 3. The highest BCUT2D eigenvalue weighted by Gasteiger charge is 2.36. The number of carboxylic acid groups (broad SMARTS) is 1. The van der Waals surface area contributed by atoms with Gasteiger partial charge in [0.25, 0.3) is 0 Å². The minimum atomic E-state index is -1.08. The Bertz CT molecular complexity index is 629. The van der Waals surface area contributed by atoms with E-state index in [4.69, 9.17) is 9.84 Å². The molecule has 1 N–H and O–H groups in total. The van der Waals surface area contributed by atoms with Gasteiger partial charge in [0.2, 0.25) is 11.8 Å². The lowest BCUT2D eigenvalue weighted by Gasteiger charge is -2.23. The Hall–Kier alpha value is -2.41. The third-order valence-electron chi connectivity index (χ3n) is 4.26. The third-order valence-corrected chi connectivity index (χ3v) is 4.26. The molecule has 1 aromatic carbocycles. The van der Waals surface area contributed by atoms with Gasteiger partial charge in [-0.1, -0.05) is 29.8 Å². The molecule has 0 aromatic heterocycles. The predicted octanol–water partition coefficient (Wildman–Crippen LogP) is 0.903. The largest absolute Gasteiger partial charge is 0.480 e. The van der Waals surface area contributed by atoms with Crippen LogP contribution in [0.25, 0.3) is 0 Å². The number of amides is 2. The van der Waals surface area contributed by atoms with E-state index in [0.717, 1.165) is 11.1 Å². The summed E-state index contributed by atoms with van der Waals surface area (Å²) in [7, 11) is 1.49. The summed E-state index contributed by atoms with van der Waals surface area (Å²) in [5.74, 6) is -1.97. The molecule has 1 aliphatic rings. The monoisotopic (exact) mass is 348 g/mol. The van der Waals surface area contributed by atoms with Crippen molar-refractivity contribution >= 4 is 17.8 Å². The van der Waals surface area contributed by atoms with E-state index < -0.39 is 11.9 Å². The molecule has 1 atom stereocenters. The molecule has 1 heterocycles. The SMILES string of the molecule is COCCN(CC(=O)O)C(=O)C1CC(=O)N(Cc2ccc(C)cc2)C1. The number of hydrogen-bond acceptors (Lipinski definition) is 4. The van der Waals surface area contributed by atoms with Gasteiger partial charge < -0.3 is 19.6 Å². The first kappa shape index (κ1) is 18.9. The molecule has 0 radical (unpaired) electrons. The molecule has 25 heavy (non-hydrogen) atoms. The van der Waals surface area contributed by atoms with Gasteiger partial charge in [-0.25, -0.2) is 0 Å². The highest BCUT2D eigenvalue weighted by Crippen LogP contribution is 2.22. The molecular weight excluding hydrogens is 324 g/mol. The zero-order valence-corrected chi connectivity index (χ0v) is 14.6. The molecule has 0 bridgehead atoms. The van der Waals surface area contributed by atoms with Gasteiger partial charge in [-0.2, -0.15) is 0 Å². The fourth-order valence-electron chi connectivity index (χ4n) is 2.89. The molecule has 1 aromatic rings. The molecule has 2 rings (SSSR count).